The third-order valence-electron chi connectivity index (χ3n) is 3.14. The highest BCUT2D eigenvalue weighted by Crippen LogP contribution is 2.27. The van der Waals surface area contributed by atoms with E-state index in [0.717, 1.165) is 11.1 Å². The maximum absolute atomic E-state index is 10.2. The Morgan fingerprint density at radius 3 is 2.24 bits per heavy atom. The van der Waals surface area contributed by atoms with E-state index in [-0.39, 0.29) is 23.9 Å². The van der Waals surface area contributed by atoms with E-state index >= 15 is 0 Å². The van der Waals surface area contributed by atoms with E-state index in [2.05, 4.69) is 20.8 Å². The Kier molecular flexibility index (Phi) is 6.17. The predicted octanol–water partition coefficient (Wildman–Crippen LogP) is 3.21. The third kappa shape index (κ3) is 4.66. The average molecular weight is 258 g/mol. The molecule has 98 valence electrons. The monoisotopic (exact) mass is 257 g/mol. The third-order valence-corrected chi connectivity index (χ3v) is 3.14. The molecule has 0 bridgehead atoms. The molecule has 0 heterocycles. The van der Waals surface area contributed by atoms with Gasteiger partial charge in [-0.15, -0.1) is 12.4 Å². The molecular formula is C14H24ClNO. The van der Waals surface area contributed by atoms with Gasteiger partial charge >= 0.3 is 0 Å². The minimum Gasteiger partial charge on any atom is -0.388 e. The molecule has 0 saturated carbocycles. The molecule has 2 atom stereocenters. The Morgan fingerprint density at radius 1 is 1.24 bits per heavy atom. The molecule has 2 nitrogen and oxygen atoms in total. The second kappa shape index (κ2) is 6.39. The summed E-state index contributed by atoms with van der Waals surface area (Å²) in [6.07, 6.45) is 0.143. The van der Waals surface area contributed by atoms with Gasteiger partial charge in [0.05, 0.1) is 6.10 Å². The van der Waals surface area contributed by atoms with Crippen molar-refractivity contribution in [3.05, 3.63) is 35.4 Å². The van der Waals surface area contributed by atoms with E-state index in [1.54, 1.807) is 0 Å². The van der Waals surface area contributed by atoms with Crippen molar-refractivity contribution in [1.82, 2.24) is 0 Å². The number of hydrogen-bond donors (Lipinski definition) is 2. The highest BCUT2D eigenvalue weighted by molar-refractivity contribution is 5.85. The number of hydrogen-bond acceptors (Lipinski definition) is 2. The van der Waals surface area contributed by atoms with Crippen LogP contribution >= 0.6 is 12.4 Å². The fraction of sp³-hybridized carbons (Fsp3) is 0.571. The molecule has 0 unspecified atom stereocenters. The quantitative estimate of drug-likeness (QED) is 0.874. The Bertz CT molecular complexity index is 346. The summed E-state index contributed by atoms with van der Waals surface area (Å²) in [5.41, 5.74) is 8.22. The highest BCUT2D eigenvalue weighted by atomic mass is 35.5. The lowest BCUT2D eigenvalue weighted by atomic mass is 9.83. The molecular weight excluding hydrogens is 234 g/mol. The van der Waals surface area contributed by atoms with Crippen LogP contribution in [0.25, 0.3) is 0 Å². The van der Waals surface area contributed by atoms with Crippen LogP contribution in [-0.2, 0) is 0 Å². The van der Waals surface area contributed by atoms with Crippen molar-refractivity contribution in [3.8, 4) is 0 Å². The van der Waals surface area contributed by atoms with Crippen LogP contribution in [0.3, 0.4) is 0 Å². The molecule has 0 saturated heterocycles. The summed E-state index contributed by atoms with van der Waals surface area (Å²) in [7, 11) is 0. The van der Waals surface area contributed by atoms with Gasteiger partial charge in [0.2, 0.25) is 0 Å². The van der Waals surface area contributed by atoms with Gasteiger partial charge in [-0.05, 0) is 29.9 Å². The number of nitrogens with two attached hydrogens (primary N) is 1. The molecule has 0 aliphatic rings. The Balaban J connectivity index is 0.00000256. The van der Waals surface area contributed by atoms with E-state index in [1.165, 1.54) is 0 Å². The predicted molar refractivity (Wildman–Crippen MR) is 75.4 cm³/mol. The minimum atomic E-state index is -0.463. The zero-order chi connectivity index (χ0) is 12.3. The van der Waals surface area contributed by atoms with Crippen molar-refractivity contribution >= 4 is 12.4 Å². The van der Waals surface area contributed by atoms with Gasteiger partial charge in [-0.2, -0.15) is 0 Å². The zero-order valence-corrected chi connectivity index (χ0v) is 11.9. The molecule has 0 aliphatic heterocycles. The molecule has 3 N–H and O–H groups in total. The second-order valence-corrected chi connectivity index (χ2v) is 5.58. The molecule has 0 aromatic heterocycles. The van der Waals surface area contributed by atoms with Crippen molar-refractivity contribution in [2.75, 3.05) is 0 Å². The van der Waals surface area contributed by atoms with Gasteiger partial charge in [-0.25, -0.2) is 0 Å². The van der Waals surface area contributed by atoms with Gasteiger partial charge in [0.15, 0.2) is 0 Å². The molecule has 1 rings (SSSR count). The lowest BCUT2D eigenvalue weighted by Crippen LogP contribution is -2.36. The van der Waals surface area contributed by atoms with Crippen LogP contribution in [0.4, 0.5) is 0 Å². The van der Waals surface area contributed by atoms with Crippen LogP contribution in [-0.4, -0.2) is 11.1 Å². The molecule has 0 amide bonds. The Morgan fingerprint density at radius 2 is 1.76 bits per heavy atom. The lowest BCUT2D eigenvalue weighted by molar-refractivity contribution is 0.133. The molecule has 0 radical (unpaired) electrons. The van der Waals surface area contributed by atoms with Crippen LogP contribution < -0.4 is 5.73 Å². The van der Waals surface area contributed by atoms with Crippen LogP contribution in [0, 0.1) is 12.3 Å². The molecule has 17 heavy (non-hydrogen) atoms. The first kappa shape index (κ1) is 16.4. The van der Waals surface area contributed by atoms with Gasteiger partial charge in [0.25, 0.3) is 0 Å². The van der Waals surface area contributed by atoms with E-state index in [0.29, 0.717) is 6.42 Å². The summed E-state index contributed by atoms with van der Waals surface area (Å²) >= 11 is 0. The smallest absolute Gasteiger partial charge is 0.0807 e. The van der Waals surface area contributed by atoms with Crippen molar-refractivity contribution in [2.24, 2.45) is 11.1 Å². The van der Waals surface area contributed by atoms with Gasteiger partial charge in [0.1, 0.15) is 0 Å². The molecule has 0 spiro atoms. The first-order valence-electron chi connectivity index (χ1n) is 5.81. The summed E-state index contributed by atoms with van der Waals surface area (Å²) in [4.78, 5) is 0. The van der Waals surface area contributed by atoms with Crippen molar-refractivity contribution < 1.29 is 5.11 Å². The van der Waals surface area contributed by atoms with Crippen LogP contribution in [0.1, 0.15) is 44.4 Å². The number of rotatable bonds is 3. The molecule has 0 fully saturated rings. The average Bonchev–Trinajstić information content (AvgIpc) is 2.16. The summed E-state index contributed by atoms with van der Waals surface area (Å²) in [5.74, 6) is 0. The Hall–Kier alpha value is -0.570. The van der Waals surface area contributed by atoms with Crippen LogP contribution in [0.2, 0.25) is 0 Å². The SMILES string of the molecule is Cc1ccccc1[C@H](O)C[C@H](N)C(C)(C)C.Cl. The van der Waals surface area contributed by atoms with Gasteiger partial charge in [-0.1, -0.05) is 45.0 Å². The van der Waals surface area contributed by atoms with Crippen molar-refractivity contribution in [1.29, 1.82) is 0 Å². The Labute approximate surface area is 111 Å². The van der Waals surface area contributed by atoms with Crippen molar-refractivity contribution in [2.45, 2.75) is 46.3 Å². The van der Waals surface area contributed by atoms with Gasteiger partial charge in [-0.3, -0.25) is 0 Å². The molecule has 0 aliphatic carbocycles. The topological polar surface area (TPSA) is 46.2 Å². The number of benzene rings is 1. The lowest BCUT2D eigenvalue weighted by Gasteiger charge is -2.29. The van der Waals surface area contributed by atoms with E-state index in [1.807, 2.05) is 31.2 Å². The molecule has 1 aromatic rings. The van der Waals surface area contributed by atoms with E-state index in [9.17, 15) is 5.11 Å². The first-order chi connectivity index (χ1) is 7.32. The number of aliphatic hydroxyl groups excluding tert-OH is 1. The zero-order valence-electron chi connectivity index (χ0n) is 11.1. The largest absolute Gasteiger partial charge is 0.388 e. The summed E-state index contributed by atoms with van der Waals surface area (Å²) in [5, 5.41) is 10.2. The number of aryl methyl sites for hydroxylation is 1. The maximum Gasteiger partial charge on any atom is 0.0807 e. The van der Waals surface area contributed by atoms with E-state index < -0.39 is 6.10 Å². The maximum atomic E-state index is 10.2. The minimum absolute atomic E-state index is 0. The fourth-order valence-corrected chi connectivity index (χ4v) is 1.68. The number of aliphatic hydroxyl groups is 1. The fourth-order valence-electron chi connectivity index (χ4n) is 1.68. The van der Waals surface area contributed by atoms with E-state index in [4.69, 9.17) is 5.73 Å². The summed E-state index contributed by atoms with van der Waals surface area (Å²) in [6.45, 7) is 8.31. The highest BCUT2D eigenvalue weighted by Gasteiger charge is 2.24. The van der Waals surface area contributed by atoms with Gasteiger partial charge in [0, 0.05) is 6.04 Å². The standard InChI is InChI=1S/C14H23NO.ClH/c1-10-7-5-6-8-11(10)12(16)9-13(15)14(2,3)4;/h5-8,12-13,16H,9,15H2,1-4H3;1H/t12-,13+;/m1./s1. The summed E-state index contributed by atoms with van der Waals surface area (Å²) in [6, 6.07) is 7.92. The van der Waals surface area contributed by atoms with Crippen LogP contribution in [0.5, 0.6) is 0 Å². The number of halogens is 1. The molecule has 1 aromatic carbocycles. The van der Waals surface area contributed by atoms with Crippen molar-refractivity contribution in [3.63, 3.8) is 0 Å². The second-order valence-electron chi connectivity index (χ2n) is 5.58. The van der Waals surface area contributed by atoms with Crippen LogP contribution in [0.15, 0.2) is 24.3 Å². The normalized spacial score (nSPS) is 14.9. The first-order valence-corrected chi connectivity index (χ1v) is 5.81. The van der Waals surface area contributed by atoms with Gasteiger partial charge < -0.3 is 10.8 Å². The molecule has 3 heteroatoms. The summed E-state index contributed by atoms with van der Waals surface area (Å²) < 4.78 is 0.